The summed E-state index contributed by atoms with van der Waals surface area (Å²) in [5.74, 6) is 0.0940. The number of H-pyrrole nitrogens is 4. The molecule has 10 nitrogen and oxygen atoms in total. The number of benzene rings is 10. The van der Waals surface area contributed by atoms with Crippen LogP contribution in [0.5, 0.6) is 23.0 Å². The van der Waals surface area contributed by atoms with Gasteiger partial charge in [-0.15, -0.1) is 0 Å². The average molecular weight is 1150 g/mol. The fraction of sp³-hybridized carbons (Fsp3) is 0. The molecule has 0 spiro atoms. The summed E-state index contributed by atoms with van der Waals surface area (Å²) in [7, 11) is 0. The predicted molar refractivity (Wildman–Crippen MR) is 342 cm³/mol. The van der Waals surface area contributed by atoms with E-state index < -0.39 is 0 Å². The molecule has 0 aliphatic carbocycles. The molecule has 0 atom stereocenters. The molecule has 6 aromatic heterocycles. The average Bonchev–Trinajstić information content (AvgIpc) is 2.43. The second-order valence-electron chi connectivity index (χ2n) is 18.6. The molecule has 4 N–H and O–H groups in total. The number of thiazole rings is 4. The number of aromatic amines is 4. The van der Waals surface area contributed by atoms with E-state index in [-0.39, 0.29) is 63.5 Å². The van der Waals surface area contributed by atoms with Gasteiger partial charge < -0.3 is 20.4 Å². The Balaban J connectivity index is 0.000000132. The van der Waals surface area contributed by atoms with Crippen molar-refractivity contribution in [2.24, 2.45) is 0 Å². The summed E-state index contributed by atoms with van der Waals surface area (Å²) < 4.78 is 4.67. The Hall–Kier alpha value is -9.02. The van der Waals surface area contributed by atoms with Crippen molar-refractivity contribution in [3.63, 3.8) is 0 Å². The maximum absolute atomic E-state index is 11.9. The van der Waals surface area contributed by atoms with Gasteiger partial charge in [-0.1, -0.05) is 196 Å². The van der Waals surface area contributed by atoms with Crippen LogP contribution >= 0.6 is 45.3 Å². The largest absolute Gasteiger partial charge is 2.00 e. The number of hydrogen-bond acceptors (Lipinski definition) is 10. The van der Waals surface area contributed by atoms with Gasteiger partial charge in [0.2, 0.25) is 22.1 Å². The number of fused-ring (bicyclic) bond motifs is 12. The third kappa shape index (κ3) is 11.8. The number of rotatable bonds is 4. The molecule has 0 unspecified atom stereocenters. The third-order valence-corrected chi connectivity index (χ3v) is 18.2. The van der Waals surface area contributed by atoms with Crippen molar-refractivity contribution in [1.29, 1.82) is 0 Å². The maximum Gasteiger partial charge on any atom is 2.00 e. The molecule has 18 heteroatoms. The Morgan fingerprint density at radius 1 is 0.310 bits per heavy atom. The first-order chi connectivity index (χ1) is 39.3. The molecule has 10 aromatic carbocycles. The fourth-order valence-corrected chi connectivity index (χ4v) is 14.3. The molecule has 0 amide bonds. The van der Waals surface area contributed by atoms with E-state index in [1.165, 1.54) is 52.6 Å². The predicted octanol–water partition coefficient (Wildman–Crippen LogP) is 11.7. The molecule has 0 aliphatic rings. The number of para-hydroxylation sites is 3. The number of hydrogen-bond donors (Lipinski definition) is 0. The molecule has 384 valence electrons. The van der Waals surface area contributed by atoms with Gasteiger partial charge in [0.1, 0.15) is 18.8 Å². The minimum Gasteiger partial charge on any atom is -0.872 e. The number of nitrogens with zero attached hydrogens (tertiary/aromatic N) is 2. The van der Waals surface area contributed by atoms with Gasteiger partial charge in [0.25, 0.3) is 20.0 Å². The van der Waals surface area contributed by atoms with E-state index in [1.54, 1.807) is 100 Å². The van der Waals surface area contributed by atoms with E-state index in [9.17, 15) is 20.4 Å². The van der Waals surface area contributed by atoms with Crippen molar-refractivity contribution in [3.8, 4) is 65.3 Å². The number of nitrogens with one attached hydrogen (secondary N) is 4. The van der Waals surface area contributed by atoms with Crippen molar-refractivity contribution >= 4 is 170 Å². The Bertz CT molecular complexity index is 4360. The summed E-state index contributed by atoms with van der Waals surface area (Å²) in [6.07, 6.45) is 4.79. The normalized spacial score (nSPS) is 10.7. The van der Waals surface area contributed by atoms with Crippen LogP contribution in [-0.4, -0.2) is 50.5 Å². The Labute approximate surface area is 512 Å². The van der Waals surface area contributed by atoms with Crippen LogP contribution in [0.1, 0.15) is 0 Å². The van der Waals surface area contributed by atoms with Crippen LogP contribution in [0.4, 0.5) is 0 Å². The molecule has 16 rings (SSSR count). The van der Waals surface area contributed by atoms with Gasteiger partial charge in [-0.2, -0.15) is 19.9 Å². The first kappa shape index (κ1) is 59.6. The molecule has 84 heavy (non-hydrogen) atoms. The van der Waals surface area contributed by atoms with Crippen molar-refractivity contribution in [1.82, 2.24) is 9.97 Å². The van der Waals surface area contributed by atoms with E-state index in [4.69, 9.17) is 0 Å². The summed E-state index contributed by atoms with van der Waals surface area (Å²) in [4.78, 5) is 21.7. The first-order valence-corrected chi connectivity index (χ1v) is 28.7. The summed E-state index contributed by atoms with van der Waals surface area (Å²) in [6.45, 7) is 0. The molecule has 0 aliphatic heterocycles. The standard InChI is InChI=1S/2C17H11NOS.2C16H10N2OS.4Be/c19-15-8-4-3-7-13(15)17-18-14-10-9-11-5-1-2-6-12(11)16(14)20-17;19-14-8-4-3-7-13(14)17-18-16-12-6-2-1-5-11(12)9-10-15(16)20-17;19-14-6-2-1-4-11(14)16-18-13-8-7-12-10(15(13)20-16)5-3-9-17-12;19-14-9-17-8-7-12(14)16-18-13-6-5-10-3-1-2-4-11(10)15(13)20-16;;;;/h2*1-10,19H;2*1-9,19H;;;;/q;;;;4*+2. The summed E-state index contributed by atoms with van der Waals surface area (Å²) in [5, 5.41) is 59.7. The zero-order valence-corrected chi connectivity index (χ0v) is 48.2. The van der Waals surface area contributed by atoms with E-state index in [1.807, 2.05) is 91.0 Å². The van der Waals surface area contributed by atoms with Crippen LogP contribution in [0.15, 0.2) is 231 Å². The molecule has 0 fully saturated rings. The fourth-order valence-electron chi connectivity index (χ4n) is 9.72. The number of aromatic nitrogens is 6. The minimum absolute atomic E-state index is 0. The second kappa shape index (κ2) is 26.0. The van der Waals surface area contributed by atoms with Crippen molar-refractivity contribution in [2.75, 3.05) is 0 Å². The van der Waals surface area contributed by atoms with Gasteiger partial charge in [-0.3, -0.25) is 9.97 Å². The maximum atomic E-state index is 11.9. The van der Waals surface area contributed by atoms with E-state index >= 15 is 0 Å². The van der Waals surface area contributed by atoms with Gasteiger partial charge >= 0.3 is 40.5 Å². The van der Waals surface area contributed by atoms with E-state index in [2.05, 4.69) is 109 Å². The van der Waals surface area contributed by atoms with Crippen molar-refractivity contribution < 1.29 is 40.4 Å². The SMILES string of the molecule is [Be+2].[Be+2].[Be+2].[Be+2].[O-]c1ccccc1-c1[nH+]c2c(ccc3ccccc32)s1.[O-]c1ccccc1-c1[nH+]c2ccc3ccccc3c2s1.[O-]c1ccccc1-c1[nH+]c2ccc3ncccc3c2s1.[O-]c1cnccc1-c1[nH+]c2ccc3ccccc3c2s1. The molecular formula is C66H42Be4N6O4S4+8. The van der Waals surface area contributed by atoms with Crippen LogP contribution in [0.3, 0.4) is 0 Å². The van der Waals surface area contributed by atoms with Crippen LogP contribution in [0, 0.1) is 0 Å². The Morgan fingerprint density at radius 2 is 0.702 bits per heavy atom. The summed E-state index contributed by atoms with van der Waals surface area (Å²) >= 11 is 6.47. The van der Waals surface area contributed by atoms with Gasteiger partial charge in [0.15, 0.2) is 0 Å². The van der Waals surface area contributed by atoms with Crippen molar-refractivity contribution in [2.45, 2.75) is 0 Å². The molecule has 0 saturated heterocycles. The van der Waals surface area contributed by atoms with Gasteiger partial charge in [0, 0.05) is 69.6 Å². The topological polar surface area (TPSA) is 175 Å². The Morgan fingerprint density at radius 3 is 1.20 bits per heavy atom. The minimum atomic E-state index is -0.0559. The van der Waals surface area contributed by atoms with Crippen molar-refractivity contribution in [3.05, 3.63) is 231 Å². The van der Waals surface area contributed by atoms with Crippen LogP contribution in [0.2, 0.25) is 0 Å². The molecule has 0 radical (unpaired) electrons. The summed E-state index contributed by atoms with van der Waals surface area (Å²) in [6, 6.07) is 68.5. The van der Waals surface area contributed by atoms with Gasteiger partial charge in [-0.25, -0.2) is 0 Å². The monoisotopic (exact) mass is 1150 g/mol. The smallest absolute Gasteiger partial charge is 0.872 e. The summed E-state index contributed by atoms with van der Waals surface area (Å²) in [5.41, 5.74) is 8.09. The molecule has 16 aromatic rings. The number of pyridine rings is 2. The molecule has 0 saturated carbocycles. The first-order valence-electron chi connectivity index (χ1n) is 25.4. The van der Waals surface area contributed by atoms with Crippen LogP contribution in [-0.2, 0) is 0 Å². The van der Waals surface area contributed by atoms with E-state index in [0.29, 0.717) is 11.1 Å². The Kier molecular flexibility index (Phi) is 18.5. The zero-order valence-electron chi connectivity index (χ0n) is 44.9. The zero-order chi connectivity index (χ0) is 54.1. The van der Waals surface area contributed by atoms with Crippen LogP contribution < -0.4 is 40.4 Å². The molecular weight excluding hydrogens is 1110 g/mol. The molecule has 6 heterocycles. The molecule has 0 bridgehead atoms. The van der Waals surface area contributed by atoms with Crippen LogP contribution in [0.25, 0.3) is 126 Å². The third-order valence-electron chi connectivity index (χ3n) is 13.6. The van der Waals surface area contributed by atoms with Gasteiger partial charge in [0.05, 0.1) is 16.5 Å². The van der Waals surface area contributed by atoms with Gasteiger partial charge in [-0.05, 0) is 82.9 Å². The van der Waals surface area contributed by atoms with E-state index in [0.717, 1.165) is 68.8 Å². The quantitative estimate of drug-likeness (QED) is 0.159. The second-order valence-corrected chi connectivity index (χ2v) is 22.7.